The lowest BCUT2D eigenvalue weighted by Crippen LogP contribution is -2.55. The van der Waals surface area contributed by atoms with Crippen LogP contribution in [0.15, 0.2) is 59.6 Å². The lowest BCUT2D eigenvalue weighted by atomic mass is 9.79. The Labute approximate surface area is 234 Å². The number of piperidine rings is 1. The van der Waals surface area contributed by atoms with Crippen LogP contribution >= 0.6 is 23.2 Å². The van der Waals surface area contributed by atoms with Crippen LogP contribution in [0.3, 0.4) is 0 Å². The van der Waals surface area contributed by atoms with Crippen molar-refractivity contribution in [3.8, 4) is 11.5 Å². The van der Waals surface area contributed by atoms with Crippen LogP contribution in [0, 0.1) is 17.8 Å². The Balaban J connectivity index is 1.55. The first kappa shape index (κ1) is 28.6. The number of benzene rings is 2. The van der Waals surface area contributed by atoms with Crippen molar-refractivity contribution in [2.24, 2.45) is 17.8 Å². The molecule has 2 aromatic carbocycles. The van der Waals surface area contributed by atoms with Crippen molar-refractivity contribution < 1.29 is 45.4 Å². The third-order valence-electron chi connectivity index (χ3n) is 7.85. The van der Waals surface area contributed by atoms with Gasteiger partial charge in [0.2, 0.25) is 11.8 Å². The van der Waals surface area contributed by atoms with Crippen molar-refractivity contribution in [2.75, 3.05) is 0 Å². The second kappa shape index (κ2) is 9.30. The number of alkyl halides is 7. The van der Waals surface area contributed by atoms with Crippen LogP contribution in [-0.2, 0) is 15.0 Å². The van der Waals surface area contributed by atoms with Crippen LogP contribution in [0.1, 0.15) is 31.4 Å². The van der Waals surface area contributed by atoms with E-state index in [9.17, 15) is 35.9 Å². The second-order valence-corrected chi connectivity index (χ2v) is 11.4. The number of carbonyl (C=O) groups excluding carboxylic acids is 2. The van der Waals surface area contributed by atoms with Gasteiger partial charge in [-0.3, -0.25) is 14.5 Å². The number of hydrogen-bond donors (Lipinski definition) is 0. The molecule has 0 aromatic heterocycles. The number of halogens is 8. The predicted octanol–water partition coefficient (Wildman–Crippen LogP) is 6.91. The lowest BCUT2D eigenvalue weighted by molar-refractivity contribution is -0.275. The molecule has 2 aliphatic carbocycles. The fraction of sp³-hybridized carbons (Fsp3) is 0.407. The normalized spacial score (nSPS) is 29.6. The molecule has 40 heavy (non-hydrogen) atoms. The maximum absolute atomic E-state index is 13.9. The minimum atomic E-state index is -4.93. The van der Waals surface area contributed by atoms with E-state index < -0.39 is 64.2 Å². The molecule has 0 spiro atoms. The second-order valence-electron chi connectivity index (χ2n) is 10.4. The fourth-order valence-electron chi connectivity index (χ4n) is 6.09. The molecule has 5 nitrogen and oxygen atoms in total. The van der Waals surface area contributed by atoms with Crippen molar-refractivity contribution in [2.45, 2.75) is 49.3 Å². The number of imide groups is 1. The van der Waals surface area contributed by atoms with E-state index in [1.165, 1.54) is 24.3 Å². The molecule has 1 saturated heterocycles. The Hall–Kier alpha value is -2.92. The third-order valence-corrected chi connectivity index (χ3v) is 8.84. The van der Waals surface area contributed by atoms with E-state index in [2.05, 4.69) is 9.47 Å². The Morgan fingerprint density at radius 2 is 1.23 bits per heavy atom. The van der Waals surface area contributed by atoms with E-state index in [1.807, 2.05) is 6.92 Å². The predicted molar refractivity (Wildman–Crippen MR) is 132 cm³/mol. The zero-order chi connectivity index (χ0) is 29.4. The van der Waals surface area contributed by atoms with Crippen molar-refractivity contribution in [1.29, 1.82) is 0 Å². The molecule has 3 aliphatic rings. The van der Waals surface area contributed by atoms with Gasteiger partial charge in [0, 0.05) is 21.7 Å². The summed E-state index contributed by atoms with van der Waals surface area (Å²) in [6.45, 7) is 3.50. The number of amides is 2. The lowest BCUT2D eigenvalue weighted by Gasteiger charge is -2.43. The molecule has 0 radical (unpaired) electrons. The van der Waals surface area contributed by atoms with Crippen molar-refractivity contribution in [3.63, 3.8) is 0 Å². The first-order valence-electron chi connectivity index (χ1n) is 12.1. The number of ether oxygens (including phenoxy) is 2. The van der Waals surface area contributed by atoms with Gasteiger partial charge in [0.05, 0.1) is 17.4 Å². The van der Waals surface area contributed by atoms with E-state index in [1.54, 1.807) is 13.0 Å². The van der Waals surface area contributed by atoms with Gasteiger partial charge in [0.1, 0.15) is 11.5 Å². The summed E-state index contributed by atoms with van der Waals surface area (Å²) < 4.78 is 84.1. The van der Waals surface area contributed by atoms with Gasteiger partial charge in [-0.15, -0.1) is 37.9 Å². The van der Waals surface area contributed by atoms with Crippen LogP contribution < -0.4 is 9.47 Å². The topological polar surface area (TPSA) is 55.8 Å². The summed E-state index contributed by atoms with van der Waals surface area (Å²) >= 11 is 12.9. The number of carbonyl (C=O) groups is 2. The van der Waals surface area contributed by atoms with Gasteiger partial charge >= 0.3 is 12.7 Å². The molecule has 0 bridgehead atoms. The zero-order valence-corrected chi connectivity index (χ0v) is 22.3. The van der Waals surface area contributed by atoms with Gasteiger partial charge in [-0.1, -0.05) is 42.8 Å². The molecule has 2 amide bonds. The summed E-state index contributed by atoms with van der Waals surface area (Å²) in [5, 5.41) is -0.0474. The molecule has 5 rings (SSSR count). The van der Waals surface area contributed by atoms with Gasteiger partial charge in [-0.25, -0.2) is 0 Å². The van der Waals surface area contributed by atoms with Crippen LogP contribution in [0.4, 0.5) is 26.3 Å². The standard InChI is InChI=1S/C27H21Cl2F6NO4/c1-13-18(28)11-24(2,12-19(13)29)36-22(37)20-21(23(36)38)25(20,14-3-7-16(8-4-14)39-26(30,31)32)15-5-9-17(10-6-15)40-27(33,34)35/h3-11,13,19-21H,12H2,1-2H3/t13?,19?,20-,21+,24?. The van der Waals surface area contributed by atoms with Crippen molar-refractivity contribution in [1.82, 2.24) is 4.90 Å². The summed E-state index contributed by atoms with van der Waals surface area (Å²) in [5.74, 6) is -4.20. The maximum atomic E-state index is 13.9. The quantitative estimate of drug-likeness (QED) is 0.210. The largest absolute Gasteiger partial charge is 0.573 e. The van der Waals surface area contributed by atoms with Gasteiger partial charge < -0.3 is 9.47 Å². The Morgan fingerprint density at radius 1 is 0.825 bits per heavy atom. The molecule has 1 aliphatic heterocycles. The van der Waals surface area contributed by atoms with E-state index in [-0.39, 0.29) is 12.3 Å². The first-order chi connectivity index (χ1) is 18.5. The summed E-state index contributed by atoms with van der Waals surface area (Å²) in [6, 6.07) is 9.43. The highest BCUT2D eigenvalue weighted by atomic mass is 35.5. The number of hydrogen-bond acceptors (Lipinski definition) is 4. The summed E-state index contributed by atoms with van der Waals surface area (Å²) in [5.41, 5.74) is -1.79. The molecular formula is C27H21Cl2F6NO4. The number of likely N-dealkylation sites (tertiary alicyclic amines) is 1. The van der Waals surface area contributed by atoms with Gasteiger partial charge in [0.15, 0.2) is 0 Å². The smallest absolute Gasteiger partial charge is 0.406 e. The number of rotatable bonds is 5. The minimum Gasteiger partial charge on any atom is -0.406 e. The number of allylic oxidation sites excluding steroid dienone is 1. The van der Waals surface area contributed by atoms with E-state index >= 15 is 0 Å². The number of nitrogens with zero attached hydrogens (tertiary/aromatic N) is 1. The van der Waals surface area contributed by atoms with Gasteiger partial charge in [-0.05, 0) is 54.8 Å². The molecule has 3 unspecified atom stereocenters. The minimum absolute atomic E-state index is 0.187. The average molecular weight is 608 g/mol. The third kappa shape index (κ3) is 4.70. The highest BCUT2D eigenvalue weighted by molar-refractivity contribution is 6.31. The van der Waals surface area contributed by atoms with Crippen LogP contribution in [-0.4, -0.2) is 40.4 Å². The van der Waals surface area contributed by atoms with Crippen LogP contribution in [0.5, 0.6) is 11.5 Å². The summed E-state index contributed by atoms with van der Waals surface area (Å²) in [7, 11) is 0. The molecule has 2 fully saturated rings. The monoisotopic (exact) mass is 607 g/mol. The maximum Gasteiger partial charge on any atom is 0.573 e. The van der Waals surface area contributed by atoms with Crippen molar-refractivity contribution in [3.05, 3.63) is 70.8 Å². The average Bonchev–Trinajstić information content (AvgIpc) is 3.44. The molecule has 13 heteroatoms. The zero-order valence-electron chi connectivity index (χ0n) is 20.8. The number of fused-ring (bicyclic) bond motifs is 1. The van der Waals surface area contributed by atoms with Crippen molar-refractivity contribution >= 4 is 35.0 Å². The van der Waals surface area contributed by atoms with Crippen LogP contribution in [0.2, 0.25) is 0 Å². The van der Waals surface area contributed by atoms with Gasteiger partial charge in [0.25, 0.3) is 0 Å². The molecule has 1 heterocycles. The molecule has 2 aromatic rings. The summed E-state index contributed by atoms with van der Waals surface area (Å²) in [4.78, 5) is 28.9. The molecular weight excluding hydrogens is 587 g/mol. The first-order valence-corrected chi connectivity index (χ1v) is 12.9. The van der Waals surface area contributed by atoms with E-state index in [0.717, 1.165) is 29.2 Å². The molecule has 214 valence electrons. The highest BCUT2D eigenvalue weighted by Gasteiger charge is 2.79. The Bertz CT molecular complexity index is 1290. The van der Waals surface area contributed by atoms with Crippen LogP contribution in [0.25, 0.3) is 0 Å². The highest BCUT2D eigenvalue weighted by Crippen LogP contribution is 2.69. The molecule has 0 N–H and O–H groups in total. The van der Waals surface area contributed by atoms with E-state index in [4.69, 9.17) is 23.2 Å². The fourth-order valence-corrected chi connectivity index (χ4v) is 6.99. The van der Waals surface area contributed by atoms with E-state index in [0.29, 0.717) is 16.2 Å². The molecule has 5 atom stereocenters. The molecule has 1 saturated carbocycles. The Kier molecular flexibility index (Phi) is 6.65. The SMILES string of the molecule is CC1C(Cl)=CC(C)(N2C(=O)[C@@H]3[C@H](C2=O)C3(c2ccc(OC(F)(F)F)cc2)c2ccc(OC(F)(F)F)cc2)CC1Cl. The summed E-state index contributed by atoms with van der Waals surface area (Å²) in [6.07, 6.45) is -7.98. The Morgan fingerprint density at radius 3 is 1.57 bits per heavy atom. The van der Waals surface area contributed by atoms with Gasteiger partial charge in [-0.2, -0.15) is 0 Å².